The third kappa shape index (κ3) is 2.34. The summed E-state index contributed by atoms with van der Waals surface area (Å²) >= 11 is 2.02. The lowest BCUT2D eigenvalue weighted by Crippen LogP contribution is -2.24. The molecule has 1 aromatic carbocycles. The van der Waals surface area contributed by atoms with Crippen molar-refractivity contribution in [3.05, 3.63) is 28.7 Å². The molecule has 1 aromatic heterocycles. The van der Waals surface area contributed by atoms with Gasteiger partial charge < -0.3 is 15.3 Å². The van der Waals surface area contributed by atoms with Crippen molar-refractivity contribution in [2.24, 2.45) is 0 Å². The monoisotopic (exact) mass is 249 g/mol. The molecule has 2 heterocycles. The average molecular weight is 249 g/mol. The Balaban J connectivity index is 1.82. The standard InChI is InChI=1S/C12H15N3OS/c16-12-14-10-2-1-9(7-11(10)15-12)13-8-3-5-17-6-4-8/h1-2,7-8,13H,3-6H2,(H2,14,15,16). The Hall–Kier alpha value is -1.36. The van der Waals surface area contributed by atoms with Crippen molar-refractivity contribution in [1.82, 2.24) is 9.97 Å². The normalized spacial score (nSPS) is 17.4. The number of nitrogens with one attached hydrogen (secondary N) is 3. The minimum atomic E-state index is -0.147. The van der Waals surface area contributed by atoms with Gasteiger partial charge in [0.1, 0.15) is 0 Å². The predicted octanol–water partition coefficient (Wildman–Crippen LogP) is 2.16. The average Bonchev–Trinajstić information content (AvgIpc) is 2.70. The Morgan fingerprint density at radius 2 is 1.94 bits per heavy atom. The van der Waals surface area contributed by atoms with E-state index in [1.165, 1.54) is 24.3 Å². The highest BCUT2D eigenvalue weighted by molar-refractivity contribution is 7.99. The molecular weight excluding hydrogens is 234 g/mol. The first-order valence-corrected chi connectivity index (χ1v) is 7.03. The number of aromatic amines is 2. The van der Waals surface area contributed by atoms with Crippen molar-refractivity contribution in [1.29, 1.82) is 0 Å². The third-order valence-electron chi connectivity index (χ3n) is 3.11. The summed E-state index contributed by atoms with van der Waals surface area (Å²) in [6.45, 7) is 0. The summed E-state index contributed by atoms with van der Waals surface area (Å²) in [5.74, 6) is 2.47. The van der Waals surface area contributed by atoms with Gasteiger partial charge in [-0.2, -0.15) is 11.8 Å². The van der Waals surface area contributed by atoms with Crippen LogP contribution in [-0.2, 0) is 0 Å². The zero-order chi connectivity index (χ0) is 11.7. The molecule has 3 rings (SSSR count). The van der Waals surface area contributed by atoms with Crippen LogP contribution in [0.4, 0.5) is 5.69 Å². The Kier molecular flexibility index (Phi) is 2.84. The van der Waals surface area contributed by atoms with Crippen LogP contribution in [-0.4, -0.2) is 27.5 Å². The number of thioether (sulfide) groups is 1. The van der Waals surface area contributed by atoms with Gasteiger partial charge in [-0.05, 0) is 42.5 Å². The van der Waals surface area contributed by atoms with Crippen LogP contribution in [0.25, 0.3) is 11.0 Å². The molecule has 1 fully saturated rings. The van der Waals surface area contributed by atoms with Gasteiger partial charge in [0, 0.05) is 11.7 Å². The van der Waals surface area contributed by atoms with Crippen LogP contribution in [0.15, 0.2) is 23.0 Å². The van der Waals surface area contributed by atoms with Gasteiger partial charge in [0.2, 0.25) is 0 Å². The lowest BCUT2D eigenvalue weighted by Gasteiger charge is -2.23. The van der Waals surface area contributed by atoms with E-state index < -0.39 is 0 Å². The number of fused-ring (bicyclic) bond motifs is 1. The van der Waals surface area contributed by atoms with E-state index in [0.717, 1.165) is 16.7 Å². The molecule has 90 valence electrons. The summed E-state index contributed by atoms with van der Waals surface area (Å²) in [6.07, 6.45) is 2.43. The molecule has 2 aromatic rings. The van der Waals surface area contributed by atoms with Crippen LogP contribution in [0.5, 0.6) is 0 Å². The first-order chi connectivity index (χ1) is 8.31. The van der Waals surface area contributed by atoms with Crippen LogP contribution in [0, 0.1) is 0 Å². The molecule has 17 heavy (non-hydrogen) atoms. The zero-order valence-corrected chi connectivity index (χ0v) is 10.3. The van der Waals surface area contributed by atoms with Gasteiger partial charge in [-0.15, -0.1) is 0 Å². The molecule has 0 saturated carbocycles. The second kappa shape index (κ2) is 4.49. The minimum Gasteiger partial charge on any atom is -0.382 e. The Labute approximate surface area is 103 Å². The number of hydrogen-bond acceptors (Lipinski definition) is 3. The van der Waals surface area contributed by atoms with Gasteiger partial charge in [-0.3, -0.25) is 0 Å². The number of anilines is 1. The smallest absolute Gasteiger partial charge is 0.323 e. The number of hydrogen-bond donors (Lipinski definition) is 3. The molecule has 1 saturated heterocycles. The molecule has 5 heteroatoms. The van der Waals surface area contributed by atoms with E-state index in [9.17, 15) is 4.79 Å². The predicted molar refractivity (Wildman–Crippen MR) is 72.9 cm³/mol. The Morgan fingerprint density at radius 3 is 2.76 bits per heavy atom. The highest BCUT2D eigenvalue weighted by Crippen LogP contribution is 2.22. The van der Waals surface area contributed by atoms with E-state index in [1.54, 1.807) is 0 Å². The van der Waals surface area contributed by atoms with Crippen molar-refractivity contribution in [2.75, 3.05) is 16.8 Å². The van der Waals surface area contributed by atoms with Crippen molar-refractivity contribution in [3.8, 4) is 0 Å². The second-order valence-electron chi connectivity index (χ2n) is 4.37. The maximum atomic E-state index is 11.2. The molecule has 0 spiro atoms. The van der Waals surface area contributed by atoms with Crippen LogP contribution < -0.4 is 11.0 Å². The first kappa shape index (κ1) is 10.8. The third-order valence-corrected chi connectivity index (χ3v) is 4.16. The van der Waals surface area contributed by atoms with Crippen LogP contribution >= 0.6 is 11.8 Å². The number of rotatable bonds is 2. The SMILES string of the molecule is O=c1[nH]c2ccc(NC3CCSCC3)cc2[nH]1. The number of benzene rings is 1. The van der Waals surface area contributed by atoms with Gasteiger partial charge in [0.15, 0.2) is 0 Å². The molecule has 0 amide bonds. The highest BCUT2D eigenvalue weighted by Gasteiger charge is 2.13. The summed E-state index contributed by atoms with van der Waals surface area (Å²) in [6, 6.07) is 6.52. The van der Waals surface area contributed by atoms with Crippen LogP contribution in [0.2, 0.25) is 0 Å². The summed E-state index contributed by atoms with van der Waals surface area (Å²) in [7, 11) is 0. The number of imidazole rings is 1. The molecule has 4 nitrogen and oxygen atoms in total. The van der Waals surface area contributed by atoms with E-state index in [0.29, 0.717) is 6.04 Å². The zero-order valence-electron chi connectivity index (χ0n) is 9.45. The summed E-state index contributed by atoms with van der Waals surface area (Å²) in [4.78, 5) is 16.7. The fraction of sp³-hybridized carbons (Fsp3) is 0.417. The second-order valence-corrected chi connectivity index (χ2v) is 5.60. The summed E-state index contributed by atoms with van der Waals surface area (Å²) < 4.78 is 0. The first-order valence-electron chi connectivity index (χ1n) is 5.87. The highest BCUT2D eigenvalue weighted by atomic mass is 32.2. The van der Waals surface area contributed by atoms with Crippen LogP contribution in [0.1, 0.15) is 12.8 Å². The van der Waals surface area contributed by atoms with E-state index in [4.69, 9.17) is 0 Å². The number of aromatic nitrogens is 2. The maximum absolute atomic E-state index is 11.2. The number of H-pyrrole nitrogens is 2. The minimum absolute atomic E-state index is 0.147. The van der Waals surface area contributed by atoms with Crippen LogP contribution in [0.3, 0.4) is 0 Å². The summed E-state index contributed by atoms with van der Waals surface area (Å²) in [5.41, 5.74) is 2.67. The largest absolute Gasteiger partial charge is 0.382 e. The topological polar surface area (TPSA) is 60.7 Å². The quantitative estimate of drug-likeness (QED) is 0.764. The summed E-state index contributed by atoms with van der Waals surface area (Å²) in [5, 5.41) is 3.53. The molecule has 1 aliphatic rings. The van der Waals surface area contributed by atoms with Crippen molar-refractivity contribution < 1.29 is 0 Å². The van der Waals surface area contributed by atoms with Gasteiger partial charge in [-0.1, -0.05) is 0 Å². The fourth-order valence-electron chi connectivity index (χ4n) is 2.20. The van der Waals surface area contributed by atoms with Gasteiger partial charge >= 0.3 is 5.69 Å². The Bertz CT molecular complexity index is 568. The van der Waals surface area contributed by atoms with E-state index in [-0.39, 0.29) is 5.69 Å². The van der Waals surface area contributed by atoms with E-state index in [1.807, 2.05) is 30.0 Å². The molecular formula is C12H15N3OS. The fourth-order valence-corrected chi connectivity index (χ4v) is 3.31. The molecule has 0 radical (unpaired) electrons. The Morgan fingerprint density at radius 1 is 1.18 bits per heavy atom. The lowest BCUT2D eigenvalue weighted by atomic mass is 10.1. The molecule has 1 aliphatic heterocycles. The van der Waals surface area contributed by atoms with Gasteiger partial charge in [0.25, 0.3) is 0 Å². The van der Waals surface area contributed by atoms with Crippen molar-refractivity contribution in [2.45, 2.75) is 18.9 Å². The molecule has 0 unspecified atom stereocenters. The van der Waals surface area contributed by atoms with Gasteiger partial charge in [0.05, 0.1) is 11.0 Å². The molecule has 0 aliphatic carbocycles. The van der Waals surface area contributed by atoms with E-state index in [2.05, 4.69) is 15.3 Å². The van der Waals surface area contributed by atoms with Gasteiger partial charge in [-0.25, -0.2) is 4.79 Å². The molecule has 0 bridgehead atoms. The van der Waals surface area contributed by atoms with Crippen molar-refractivity contribution >= 4 is 28.5 Å². The molecule has 0 atom stereocenters. The lowest BCUT2D eigenvalue weighted by molar-refractivity contribution is 0.667. The van der Waals surface area contributed by atoms with E-state index >= 15 is 0 Å². The molecule has 3 N–H and O–H groups in total. The van der Waals surface area contributed by atoms with Crippen molar-refractivity contribution in [3.63, 3.8) is 0 Å². The maximum Gasteiger partial charge on any atom is 0.323 e.